The van der Waals surface area contributed by atoms with Crippen molar-refractivity contribution < 1.29 is 9.13 Å². The molecule has 0 spiro atoms. The van der Waals surface area contributed by atoms with Gasteiger partial charge in [0.05, 0.1) is 43.4 Å². The maximum Gasteiger partial charge on any atom is 0.120 e. The smallest absolute Gasteiger partial charge is 0.120 e. The first kappa shape index (κ1) is 17.2. The molecule has 5 rings (SSSR count). The second kappa shape index (κ2) is 6.58. The van der Waals surface area contributed by atoms with Gasteiger partial charge >= 0.3 is 0 Å². The number of hydrogen-bond donors (Lipinski definition) is 0. The summed E-state index contributed by atoms with van der Waals surface area (Å²) in [5.74, 6) is -0.198. The minimum absolute atomic E-state index is 0.198. The highest BCUT2D eigenvalue weighted by atomic mass is 35.5. The van der Waals surface area contributed by atoms with E-state index in [1.54, 1.807) is 17.1 Å². The highest BCUT2D eigenvalue weighted by molar-refractivity contribution is 6.32. The molecule has 4 heterocycles. The van der Waals surface area contributed by atoms with Crippen molar-refractivity contribution in [3.05, 3.63) is 41.3 Å². The first-order chi connectivity index (χ1) is 13.1. The van der Waals surface area contributed by atoms with Gasteiger partial charge < -0.3 is 4.74 Å². The fourth-order valence-electron chi connectivity index (χ4n) is 4.11. The van der Waals surface area contributed by atoms with Crippen molar-refractivity contribution >= 4 is 22.5 Å². The zero-order valence-corrected chi connectivity index (χ0v) is 15.8. The minimum Gasteiger partial charge on any atom is -0.378 e. The summed E-state index contributed by atoms with van der Waals surface area (Å²) in [5.41, 5.74) is 2.66. The molecule has 2 fully saturated rings. The number of hydrogen-bond acceptors (Lipinski definition) is 4. The Balaban J connectivity index is 1.48. The molecule has 0 amide bonds. The molecule has 0 bridgehead atoms. The van der Waals surface area contributed by atoms with Crippen LogP contribution in [0.25, 0.3) is 16.6 Å². The number of benzene rings is 1. The Labute approximate surface area is 161 Å². The Bertz CT molecular complexity index is 982. The molecule has 1 unspecified atom stereocenters. The summed E-state index contributed by atoms with van der Waals surface area (Å²) in [5, 5.41) is 10.2. The van der Waals surface area contributed by atoms with Crippen LogP contribution >= 0.6 is 11.6 Å². The first-order valence-corrected chi connectivity index (χ1v) is 9.60. The molecular formula is C19H21ClFN5O. The zero-order chi connectivity index (χ0) is 18.5. The predicted molar refractivity (Wildman–Crippen MR) is 101 cm³/mol. The lowest BCUT2D eigenvalue weighted by Gasteiger charge is -2.43. The molecule has 8 heteroatoms. The molecule has 0 radical (unpaired) electrons. The fourth-order valence-corrected chi connectivity index (χ4v) is 4.43. The standard InChI is InChI=1S/C19H21ClFN5O/c1-24-8-13(7-22-24)26-19-5-16(17(20)4-12(19)6-23-26)15-2-3-25(9-18(15)21)14-10-27-11-14/h4-8,14-15,18H,2-3,9-11H2,1H3/t15?,18-/m1/s1. The van der Waals surface area contributed by atoms with Gasteiger partial charge in [-0.25, -0.2) is 9.07 Å². The average molecular weight is 390 g/mol. The van der Waals surface area contributed by atoms with Crippen LogP contribution in [0.3, 0.4) is 0 Å². The largest absolute Gasteiger partial charge is 0.378 e. The van der Waals surface area contributed by atoms with Crippen LogP contribution in [0.2, 0.25) is 5.02 Å². The molecule has 2 saturated heterocycles. The van der Waals surface area contributed by atoms with Crippen molar-refractivity contribution in [3.63, 3.8) is 0 Å². The number of halogens is 2. The molecule has 0 N–H and O–H groups in total. The first-order valence-electron chi connectivity index (χ1n) is 9.22. The van der Waals surface area contributed by atoms with Crippen LogP contribution in [-0.2, 0) is 11.8 Å². The molecule has 3 aromatic rings. The monoisotopic (exact) mass is 389 g/mol. The number of aromatic nitrogens is 4. The highest BCUT2D eigenvalue weighted by Crippen LogP contribution is 2.38. The van der Waals surface area contributed by atoms with Gasteiger partial charge in [-0.2, -0.15) is 10.2 Å². The third-order valence-corrected chi connectivity index (χ3v) is 6.06. The number of piperidine rings is 1. The molecule has 0 aliphatic carbocycles. The number of rotatable bonds is 3. The summed E-state index contributed by atoms with van der Waals surface area (Å²) in [6.45, 7) is 2.74. The van der Waals surface area contributed by atoms with Gasteiger partial charge in [0.2, 0.25) is 0 Å². The Kier molecular flexibility index (Phi) is 4.18. The van der Waals surface area contributed by atoms with Crippen molar-refractivity contribution in [3.8, 4) is 5.69 Å². The number of likely N-dealkylation sites (tertiary alicyclic amines) is 1. The fraction of sp³-hybridized carbons (Fsp3) is 0.474. The third-order valence-electron chi connectivity index (χ3n) is 5.73. The molecule has 27 heavy (non-hydrogen) atoms. The van der Waals surface area contributed by atoms with E-state index in [1.165, 1.54) is 0 Å². The van der Waals surface area contributed by atoms with Crippen LogP contribution in [0, 0.1) is 0 Å². The van der Waals surface area contributed by atoms with Crippen LogP contribution in [0.15, 0.2) is 30.7 Å². The van der Waals surface area contributed by atoms with Crippen molar-refractivity contribution in [1.29, 1.82) is 0 Å². The lowest BCUT2D eigenvalue weighted by molar-refractivity contribution is -0.0806. The molecular weight excluding hydrogens is 369 g/mol. The van der Waals surface area contributed by atoms with E-state index >= 15 is 4.39 Å². The molecule has 2 aliphatic heterocycles. The minimum atomic E-state index is -0.941. The lowest BCUT2D eigenvalue weighted by Crippen LogP contribution is -2.54. The van der Waals surface area contributed by atoms with Gasteiger partial charge in [0.1, 0.15) is 11.9 Å². The number of nitrogens with zero attached hydrogens (tertiary/aromatic N) is 5. The Morgan fingerprint density at radius 1 is 1.22 bits per heavy atom. The van der Waals surface area contributed by atoms with Gasteiger partial charge in [-0.15, -0.1) is 0 Å². The van der Waals surface area contributed by atoms with E-state index in [9.17, 15) is 0 Å². The molecule has 1 aromatic carbocycles. The number of aryl methyl sites for hydroxylation is 1. The molecule has 2 aromatic heterocycles. The van der Waals surface area contributed by atoms with Crippen molar-refractivity contribution in [1.82, 2.24) is 24.5 Å². The molecule has 2 atom stereocenters. The zero-order valence-electron chi connectivity index (χ0n) is 15.1. The van der Waals surface area contributed by atoms with Crippen LogP contribution < -0.4 is 0 Å². The topological polar surface area (TPSA) is 48.1 Å². The highest BCUT2D eigenvalue weighted by Gasteiger charge is 2.36. The van der Waals surface area contributed by atoms with Crippen LogP contribution in [0.5, 0.6) is 0 Å². The summed E-state index contributed by atoms with van der Waals surface area (Å²) in [4.78, 5) is 2.21. The lowest BCUT2D eigenvalue weighted by atomic mass is 9.86. The molecule has 2 aliphatic rings. The van der Waals surface area contributed by atoms with Crippen LogP contribution in [0.1, 0.15) is 17.9 Å². The van der Waals surface area contributed by atoms with Crippen LogP contribution in [0.4, 0.5) is 4.39 Å². The second-order valence-electron chi connectivity index (χ2n) is 7.46. The van der Waals surface area contributed by atoms with Crippen molar-refractivity contribution in [2.45, 2.75) is 24.6 Å². The van der Waals surface area contributed by atoms with Gasteiger partial charge in [0.15, 0.2) is 0 Å². The number of fused-ring (bicyclic) bond motifs is 1. The SMILES string of the molecule is Cn1cc(-n2ncc3cc(Cl)c(C4CCN(C5COC5)C[C@H]4F)cc32)cn1. The molecule has 0 saturated carbocycles. The van der Waals surface area contributed by atoms with E-state index in [1.807, 2.05) is 30.1 Å². The summed E-state index contributed by atoms with van der Waals surface area (Å²) in [6, 6.07) is 4.26. The van der Waals surface area contributed by atoms with E-state index in [2.05, 4.69) is 15.1 Å². The summed E-state index contributed by atoms with van der Waals surface area (Å²) in [6.07, 6.45) is 5.26. The summed E-state index contributed by atoms with van der Waals surface area (Å²) >= 11 is 6.54. The molecule has 142 valence electrons. The predicted octanol–water partition coefficient (Wildman–Crippen LogP) is 2.94. The van der Waals surface area contributed by atoms with Gasteiger partial charge in [-0.1, -0.05) is 11.6 Å². The Morgan fingerprint density at radius 3 is 2.74 bits per heavy atom. The van der Waals surface area contributed by atoms with Gasteiger partial charge in [0.25, 0.3) is 0 Å². The normalized spacial score (nSPS) is 24.4. The van der Waals surface area contributed by atoms with E-state index < -0.39 is 6.17 Å². The second-order valence-corrected chi connectivity index (χ2v) is 7.87. The maximum absolute atomic E-state index is 15.1. The van der Waals surface area contributed by atoms with E-state index in [0.717, 1.165) is 35.1 Å². The van der Waals surface area contributed by atoms with Gasteiger partial charge in [0, 0.05) is 29.9 Å². The van der Waals surface area contributed by atoms with Gasteiger partial charge in [-0.3, -0.25) is 9.58 Å². The average Bonchev–Trinajstić information content (AvgIpc) is 3.18. The van der Waals surface area contributed by atoms with Crippen molar-refractivity contribution in [2.75, 3.05) is 26.3 Å². The van der Waals surface area contributed by atoms with Gasteiger partial charge in [-0.05, 0) is 30.7 Å². The van der Waals surface area contributed by atoms with Crippen molar-refractivity contribution in [2.24, 2.45) is 7.05 Å². The van der Waals surface area contributed by atoms with E-state index in [0.29, 0.717) is 30.8 Å². The number of alkyl halides is 1. The molecule has 6 nitrogen and oxygen atoms in total. The Morgan fingerprint density at radius 2 is 2.07 bits per heavy atom. The quantitative estimate of drug-likeness (QED) is 0.691. The summed E-state index contributed by atoms with van der Waals surface area (Å²) < 4.78 is 23.9. The van der Waals surface area contributed by atoms with Crippen LogP contribution in [-0.4, -0.2) is 63.0 Å². The number of ether oxygens (including phenoxy) is 1. The van der Waals surface area contributed by atoms with E-state index in [4.69, 9.17) is 16.3 Å². The summed E-state index contributed by atoms with van der Waals surface area (Å²) in [7, 11) is 1.87. The van der Waals surface area contributed by atoms with E-state index in [-0.39, 0.29) is 5.92 Å². The third kappa shape index (κ3) is 2.94. The maximum atomic E-state index is 15.1. The Hall–Kier alpha value is -1.96.